The molecule has 0 aromatic heterocycles. The molecule has 0 fully saturated rings. The molecule has 3 heteroatoms. The Balaban J connectivity index is 0.000001000. The molecule has 0 nitrogen and oxygen atoms in total. The number of hydrogen-bond acceptors (Lipinski definition) is 1. The van der Waals surface area contributed by atoms with Crippen molar-refractivity contribution >= 4 is 11.8 Å². The van der Waals surface area contributed by atoms with Gasteiger partial charge in [0.15, 0.2) is 0 Å². The molecule has 0 saturated carbocycles. The first-order chi connectivity index (χ1) is 4.93. The average Bonchev–Trinajstić information content (AvgIpc) is 2.03. The summed E-state index contributed by atoms with van der Waals surface area (Å²) in [4.78, 5) is 0.997. The third-order valence-corrected chi connectivity index (χ3v) is 1.68. The summed E-state index contributed by atoms with van der Waals surface area (Å²) in [5.41, 5.74) is 0. The summed E-state index contributed by atoms with van der Waals surface area (Å²) < 4.78 is 11.4. The first-order valence-electron chi connectivity index (χ1n) is 2.83. The van der Waals surface area contributed by atoms with Crippen LogP contribution in [0, 0.1) is 5.41 Å². The Labute approximate surface area is 82.1 Å². The second-order valence-electron chi connectivity index (χ2n) is 1.64. The summed E-state index contributed by atoms with van der Waals surface area (Å²) in [6.45, 7) is 0. The number of benzene rings is 1. The van der Waals surface area contributed by atoms with Gasteiger partial charge >= 0.3 is 18.9 Å². The zero-order valence-corrected chi connectivity index (χ0v) is 7.07. The van der Waals surface area contributed by atoms with E-state index < -0.39 is 0 Å². The number of rotatable bonds is 2. The minimum atomic E-state index is 0. The predicted octanol–water partition coefficient (Wildman–Crippen LogP) is 0.0266. The van der Waals surface area contributed by atoms with E-state index in [0.29, 0.717) is 6.33 Å². The molecule has 0 aliphatic carbocycles. The SMILES string of the molecule is FC=[C-]Sc1ccccc1.[Li+]. The summed E-state index contributed by atoms with van der Waals surface area (Å²) in [6.07, 6.45) is 0.414. The molecule has 0 atom stereocenters. The molecule has 0 aliphatic heterocycles. The normalized spacial score (nSPS) is 9.55. The van der Waals surface area contributed by atoms with Gasteiger partial charge in [0.05, 0.1) is 0 Å². The standard InChI is InChI=1S/C8H6FS.Li/c9-6-7-10-8-4-2-1-3-5-8;/h1-6H;/q-1;+1. The van der Waals surface area contributed by atoms with E-state index in [1.807, 2.05) is 30.3 Å². The van der Waals surface area contributed by atoms with Crippen molar-refractivity contribution in [1.29, 1.82) is 0 Å². The Morgan fingerprint density at radius 3 is 2.45 bits per heavy atom. The largest absolute Gasteiger partial charge is 1.00 e. The minimum absolute atomic E-state index is 0. The van der Waals surface area contributed by atoms with Crippen LogP contribution in [-0.4, -0.2) is 0 Å². The summed E-state index contributed by atoms with van der Waals surface area (Å²) in [5.74, 6) is 0. The summed E-state index contributed by atoms with van der Waals surface area (Å²) in [7, 11) is 0. The van der Waals surface area contributed by atoms with Crippen molar-refractivity contribution in [3.63, 3.8) is 0 Å². The van der Waals surface area contributed by atoms with Crippen LogP contribution in [0.5, 0.6) is 0 Å². The fourth-order valence-electron chi connectivity index (χ4n) is 0.579. The fourth-order valence-corrected chi connectivity index (χ4v) is 1.05. The first-order valence-corrected chi connectivity index (χ1v) is 3.64. The predicted molar refractivity (Wildman–Crippen MR) is 41.2 cm³/mol. The molecule has 0 aliphatic rings. The quantitative estimate of drug-likeness (QED) is 0.334. The van der Waals surface area contributed by atoms with Gasteiger partial charge < -0.3 is 17.2 Å². The Morgan fingerprint density at radius 2 is 1.91 bits per heavy atom. The molecular weight excluding hydrogens is 154 g/mol. The Kier molecular flexibility index (Phi) is 6.44. The molecular formula is C8H6FLiS. The van der Waals surface area contributed by atoms with Gasteiger partial charge in [0.2, 0.25) is 0 Å². The van der Waals surface area contributed by atoms with Gasteiger partial charge in [-0.05, 0) is 4.90 Å². The van der Waals surface area contributed by atoms with Crippen LogP contribution in [-0.2, 0) is 0 Å². The van der Waals surface area contributed by atoms with Gasteiger partial charge in [-0.2, -0.15) is 0 Å². The van der Waals surface area contributed by atoms with Gasteiger partial charge in [-0.3, -0.25) is 4.39 Å². The van der Waals surface area contributed by atoms with Crippen LogP contribution in [0.4, 0.5) is 4.39 Å². The van der Waals surface area contributed by atoms with Crippen molar-refractivity contribution in [2.45, 2.75) is 4.90 Å². The minimum Gasteiger partial charge on any atom is -0.398 e. The van der Waals surface area contributed by atoms with Crippen molar-refractivity contribution < 1.29 is 23.3 Å². The summed E-state index contributed by atoms with van der Waals surface area (Å²) in [6, 6.07) is 9.54. The van der Waals surface area contributed by atoms with E-state index in [1.54, 1.807) is 0 Å². The molecule has 1 aromatic carbocycles. The van der Waals surface area contributed by atoms with E-state index in [0.717, 1.165) is 4.90 Å². The van der Waals surface area contributed by atoms with Crippen molar-refractivity contribution in [1.82, 2.24) is 0 Å². The third kappa shape index (κ3) is 4.31. The van der Waals surface area contributed by atoms with Crippen molar-refractivity contribution in [3.05, 3.63) is 42.1 Å². The van der Waals surface area contributed by atoms with Gasteiger partial charge in [-0.1, -0.05) is 36.7 Å². The van der Waals surface area contributed by atoms with Crippen LogP contribution in [0.15, 0.2) is 41.6 Å². The topological polar surface area (TPSA) is 0 Å². The van der Waals surface area contributed by atoms with Crippen LogP contribution in [0.25, 0.3) is 0 Å². The van der Waals surface area contributed by atoms with Crippen LogP contribution < -0.4 is 18.9 Å². The van der Waals surface area contributed by atoms with Gasteiger partial charge in [0, 0.05) is 0 Å². The molecule has 1 aromatic rings. The second kappa shape index (κ2) is 6.54. The van der Waals surface area contributed by atoms with Gasteiger partial charge in [-0.15, -0.1) is 0 Å². The third-order valence-electron chi connectivity index (χ3n) is 0.965. The molecule has 0 spiro atoms. The molecule has 52 valence electrons. The Bertz CT molecular complexity index is 211. The molecule has 0 unspecified atom stereocenters. The molecule has 0 saturated heterocycles. The van der Waals surface area contributed by atoms with E-state index in [-0.39, 0.29) is 18.9 Å². The van der Waals surface area contributed by atoms with Crippen molar-refractivity contribution in [2.75, 3.05) is 0 Å². The van der Waals surface area contributed by atoms with Gasteiger partial charge in [-0.25, -0.2) is 0 Å². The van der Waals surface area contributed by atoms with Crippen LogP contribution >= 0.6 is 11.8 Å². The molecule has 1 rings (SSSR count). The number of halogens is 1. The van der Waals surface area contributed by atoms with E-state index in [1.165, 1.54) is 11.8 Å². The zero-order chi connectivity index (χ0) is 7.23. The molecule has 11 heavy (non-hydrogen) atoms. The monoisotopic (exact) mass is 160 g/mol. The maximum Gasteiger partial charge on any atom is 1.00 e. The average molecular weight is 160 g/mol. The van der Waals surface area contributed by atoms with Crippen molar-refractivity contribution in [3.8, 4) is 0 Å². The van der Waals surface area contributed by atoms with Crippen LogP contribution in [0.1, 0.15) is 0 Å². The molecule has 0 heterocycles. The maximum absolute atomic E-state index is 11.4. The van der Waals surface area contributed by atoms with Crippen LogP contribution in [0.2, 0.25) is 0 Å². The second-order valence-corrected chi connectivity index (χ2v) is 2.55. The molecule has 0 radical (unpaired) electrons. The first kappa shape index (κ1) is 10.8. The fraction of sp³-hybridized carbons (Fsp3) is 0. The summed E-state index contributed by atoms with van der Waals surface area (Å²) in [5, 5.41) is 2.39. The molecule has 0 N–H and O–H groups in total. The number of hydrogen-bond donors (Lipinski definition) is 0. The van der Waals surface area contributed by atoms with Gasteiger partial charge in [0.25, 0.3) is 0 Å². The Morgan fingerprint density at radius 1 is 1.27 bits per heavy atom. The van der Waals surface area contributed by atoms with Crippen molar-refractivity contribution in [2.24, 2.45) is 0 Å². The Hall–Kier alpha value is -0.163. The molecule has 0 bridgehead atoms. The smallest absolute Gasteiger partial charge is 0.398 e. The van der Waals surface area contributed by atoms with Gasteiger partial charge in [0.1, 0.15) is 0 Å². The molecule has 0 amide bonds. The maximum atomic E-state index is 11.4. The van der Waals surface area contributed by atoms with E-state index >= 15 is 0 Å². The summed E-state index contributed by atoms with van der Waals surface area (Å²) >= 11 is 1.24. The van der Waals surface area contributed by atoms with E-state index in [9.17, 15) is 4.39 Å². The van der Waals surface area contributed by atoms with Crippen LogP contribution in [0.3, 0.4) is 0 Å². The van der Waals surface area contributed by atoms with E-state index in [4.69, 9.17) is 0 Å². The number of thioether (sulfide) groups is 1. The van der Waals surface area contributed by atoms with E-state index in [2.05, 4.69) is 5.41 Å². The zero-order valence-electron chi connectivity index (χ0n) is 6.25.